The maximum Gasteiger partial charge on any atom is 0.343 e. The van der Waals surface area contributed by atoms with E-state index < -0.39 is 11.8 Å². The molecule has 0 saturated heterocycles. The lowest BCUT2D eigenvalue weighted by atomic mass is 10.2. The maximum absolute atomic E-state index is 13.6. The highest BCUT2D eigenvalue weighted by Gasteiger charge is 2.19. The van der Waals surface area contributed by atoms with E-state index in [0.29, 0.717) is 5.69 Å². The summed E-state index contributed by atoms with van der Waals surface area (Å²) in [5.41, 5.74) is 3.51. The number of aromatic amines is 1. The molecule has 2 N–H and O–H groups in total. The third-order valence-corrected chi connectivity index (χ3v) is 3.12. The lowest BCUT2D eigenvalue weighted by Gasteiger charge is -2.03. The number of nitrogens with zero attached hydrogens (tertiary/aromatic N) is 2. The second-order valence-electron chi connectivity index (χ2n) is 4.30. The third kappa shape index (κ3) is 3.43. The van der Waals surface area contributed by atoms with E-state index in [1.165, 1.54) is 18.3 Å². The Balaban J connectivity index is 2.19. The number of aromatic nitrogens is 2. The van der Waals surface area contributed by atoms with Crippen molar-refractivity contribution in [1.29, 1.82) is 0 Å². The standard InChI is InChI=1S/C14H14ClFN4O2/c1-3-22-14(21)12-8(2)18-20-13(12)19-17-7-9-10(15)5-4-6-11(9)16/h4-7H,3H2,1-2H3,(H2,18,19,20). The van der Waals surface area contributed by atoms with Gasteiger partial charge in [0.05, 0.1) is 17.8 Å². The minimum absolute atomic E-state index is 0.140. The number of carbonyl (C=O) groups excluding carboxylic acids is 1. The fourth-order valence-corrected chi connectivity index (χ4v) is 1.97. The van der Waals surface area contributed by atoms with Gasteiger partial charge in [0.25, 0.3) is 0 Å². The van der Waals surface area contributed by atoms with Crippen molar-refractivity contribution in [3.05, 3.63) is 45.9 Å². The Hall–Kier alpha value is -2.41. The number of anilines is 1. The van der Waals surface area contributed by atoms with Gasteiger partial charge in [-0.25, -0.2) is 9.18 Å². The molecule has 2 aromatic rings. The number of nitrogens with one attached hydrogen (secondary N) is 2. The van der Waals surface area contributed by atoms with Crippen LogP contribution in [0.3, 0.4) is 0 Å². The van der Waals surface area contributed by atoms with Gasteiger partial charge >= 0.3 is 5.97 Å². The summed E-state index contributed by atoms with van der Waals surface area (Å²) in [6.07, 6.45) is 1.22. The van der Waals surface area contributed by atoms with E-state index >= 15 is 0 Å². The van der Waals surface area contributed by atoms with Gasteiger partial charge in [-0.05, 0) is 26.0 Å². The molecule has 0 aliphatic rings. The summed E-state index contributed by atoms with van der Waals surface area (Å²) < 4.78 is 18.5. The molecule has 1 aromatic heterocycles. The average molecular weight is 325 g/mol. The van der Waals surface area contributed by atoms with Crippen LogP contribution < -0.4 is 5.43 Å². The lowest BCUT2D eigenvalue weighted by molar-refractivity contribution is 0.0526. The summed E-state index contributed by atoms with van der Waals surface area (Å²) in [5, 5.41) is 10.7. The molecule has 0 bridgehead atoms. The van der Waals surface area contributed by atoms with Crippen molar-refractivity contribution >= 4 is 29.6 Å². The highest BCUT2D eigenvalue weighted by atomic mass is 35.5. The zero-order chi connectivity index (χ0) is 16.1. The highest BCUT2D eigenvalue weighted by Crippen LogP contribution is 2.19. The minimum Gasteiger partial charge on any atom is -0.462 e. The SMILES string of the molecule is CCOC(=O)c1c(NN=Cc2c(F)cccc2Cl)n[nH]c1C. The van der Waals surface area contributed by atoms with Gasteiger partial charge in [-0.1, -0.05) is 17.7 Å². The first kappa shape index (κ1) is 16.0. The Morgan fingerprint density at radius 3 is 3.05 bits per heavy atom. The van der Waals surface area contributed by atoms with Gasteiger partial charge < -0.3 is 4.74 Å². The van der Waals surface area contributed by atoms with E-state index in [4.69, 9.17) is 16.3 Å². The molecule has 0 fully saturated rings. The molecule has 22 heavy (non-hydrogen) atoms. The number of aryl methyl sites for hydroxylation is 1. The maximum atomic E-state index is 13.6. The molecular weight excluding hydrogens is 311 g/mol. The zero-order valence-corrected chi connectivity index (χ0v) is 12.7. The van der Waals surface area contributed by atoms with Crippen LogP contribution in [0.15, 0.2) is 23.3 Å². The number of hydrazone groups is 1. The predicted molar refractivity (Wildman–Crippen MR) is 81.9 cm³/mol. The van der Waals surface area contributed by atoms with Crippen LogP contribution in [0, 0.1) is 12.7 Å². The molecule has 0 saturated carbocycles. The zero-order valence-electron chi connectivity index (χ0n) is 12.0. The van der Waals surface area contributed by atoms with Crippen LogP contribution in [0.4, 0.5) is 10.2 Å². The van der Waals surface area contributed by atoms with Crippen molar-refractivity contribution in [2.24, 2.45) is 5.10 Å². The van der Waals surface area contributed by atoms with Crippen LogP contribution in [0.25, 0.3) is 0 Å². The van der Waals surface area contributed by atoms with Gasteiger partial charge in [-0.15, -0.1) is 0 Å². The summed E-state index contributed by atoms with van der Waals surface area (Å²) in [6, 6.07) is 4.32. The first-order valence-corrected chi connectivity index (χ1v) is 6.87. The second-order valence-corrected chi connectivity index (χ2v) is 4.71. The van der Waals surface area contributed by atoms with Crippen molar-refractivity contribution in [2.75, 3.05) is 12.0 Å². The molecule has 8 heteroatoms. The fourth-order valence-electron chi connectivity index (χ4n) is 1.76. The number of H-pyrrole nitrogens is 1. The Kier molecular flexibility index (Phi) is 5.11. The molecule has 6 nitrogen and oxygen atoms in total. The van der Waals surface area contributed by atoms with E-state index in [1.807, 2.05) is 0 Å². The first-order valence-electron chi connectivity index (χ1n) is 6.49. The van der Waals surface area contributed by atoms with Gasteiger partial charge in [0.15, 0.2) is 5.82 Å². The molecule has 0 aliphatic heterocycles. The summed E-state index contributed by atoms with van der Waals surface area (Å²) in [7, 11) is 0. The van der Waals surface area contributed by atoms with Crippen molar-refractivity contribution < 1.29 is 13.9 Å². The lowest BCUT2D eigenvalue weighted by Crippen LogP contribution is -2.08. The summed E-state index contributed by atoms with van der Waals surface area (Å²) in [5.74, 6) is -0.822. The number of benzene rings is 1. The summed E-state index contributed by atoms with van der Waals surface area (Å²) in [4.78, 5) is 11.8. The van der Waals surface area contributed by atoms with Crippen molar-refractivity contribution in [3.8, 4) is 0 Å². The fraction of sp³-hybridized carbons (Fsp3) is 0.214. The van der Waals surface area contributed by atoms with E-state index in [0.717, 1.165) is 0 Å². The van der Waals surface area contributed by atoms with Crippen LogP contribution >= 0.6 is 11.6 Å². The van der Waals surface area contributed by atoms with Gasteiger partial charge in [-0.2, -0.15) is 10.2 Å². The first-order chi connectivity index (χ1) is 10.5. The molecule has 2 rings (SSSR count). The molecule has 0 aliphatic carbocycles. The number of esters is 1. The monoisotopic (exact) mass is 324 g/mol. The number of ether oxygens (including phenoxy) is 1. The molecule has 1 aromatic carbocycles. The number of rotatable bonds is 5. The van der Waals surface area contributed by atoms with Crippen LogP contribution in [-0.4, -0.2) is 29.0 Å². The van der Waals surface area contributed by atoms with E-state index in [2.05, 4.69) is 20.7 Å². The van der Waals surface area contributed by atoms with Crippen LogP contribution in [0.1, 0.15) is 28.5 Å². The highest BCUT2D eigenvalue weighted by molar-refractivity contribution is 6.33. The molecule has 0 atom stereocenters. The van der Waals surface area contributed by atoms with Crippen molar-refractivity contribution in [2.45, 2.75) is 13.8 Å². The number of halogens is 2. The number of hydrogen-bond donors (Lipinski definition) is 2. The van der Waals surface area contributed by atoms with E-state index in [-0.39, 0.29) is 28.6 Å². The Labute approximate surface area is 131 Å². The van der Waals surface area contributed by atoms with Crippen LogP contribution in [0.5, 0.6) is 0 Å². The van der Waals surface area contributed by atoms with Gasteiger partial charge in [-0.3, -0.25) is 10.5 Å². The molecule has 0 radical (unpaired) electrons. The average Bonchev–Trinajstić information content (AvgIpc) is 2.83. The van der Waals surface area contributed by atoms with Gasteiger partial charge in [0.1, 0.15) is 11.4 Å². The quantitative estimate of drug-likeness (QED) is 0.503. The predicted octanol–water partition coefficient (Wildman–Crippen LogP) is 3.13. The normalized spacial score (nSPS) is 10.9. The van der Waals surface area contributed by atoms with E-state index in [9.17, 15) is 9.18 Å². The number of hydrogen-bond acceptors (Lipinski definition) is 5. The van der Waals surface area contributed by atoms with E-state index in [1.54, 1.807) is 19.9 Å². The Morgan fingerprint density at radius 2 is 2.36 bits per heavy atom. The molecule has 0 amide bonds. The summed E-state index contributed by atoms with van der Waals surface area (Å²) in [6.45, 7) is 3.64. The Bertz CT molecular complexity index is 695. The Morgan fingerprint density at radius 1 is 1.59 bits per heavy atom. The molecule has 0 spiro atoms. The molecule has 116 valence electrons. The summed E-state index contributed by atoms with van der Waals surface area (Å²) >= 11 is 5.88. The van der Waals surface area contributed by atoms with Gasteiger partial charge in [0.2, 0.25) is 0 Å². The minimum atomic E-state index is -0.518. The smallest absolute Gasteiger partial charge is 0.343 e. The molecule has 0 unspecified atom stereocenters. The number of carbonyl (C=O) groups is 1. The van der Waals surface area contributed by atoms with Crippen LogP contribution in [-0.2, 0) is 4.74 Å². The topological polar surface area (TPSA) is 79.4 Å². The van der Waals surface area contributed by atoms with Crippen LogP contribution in [0.2, 0.25) is 5.02 Å². The van der Waals surface area contributed by atoms with Gasteiger partial charge in [0, 0.05) is 11.3 Å². The van der Waals surface area contributed by atoms with Crippen molar-refractivity contribution in [3.63, 3.8) is 0 Å². The third-order valence-electron chi connectivity index (χ3n) is 2.79. The van der Waals surface area contributed by atoms with Crippen molar-refractivity contribution in [1.82, 2.24) is 10.2 Å². The molecule has 1 heterocycles. The second kappa shape index (κ2) is 7.04. The largest absolute Gasteiger partial charge is 0.462 e. The molecular formula is C14H14ClFN4O2.